The van der Waals surface area contributed by atoms with E-state index in [9.17, 15) is 13.9 Å². The first-order chi connectivity index (χ1) is 21.3. The SMILES string of the molecule is Oc1cc(-c2nc3c4c(nc(OC[C@@]56CCCN5C[C@H](F)C6)nc4c2F)N2CC4CCC(N4)C2CO3)c2cc(F)ccc2c1. The number of piperazine rings is 1. The van der Waals surface area contributed by atoms with E-state index in [1.165, 1.54) is 30.3 Å². The number of benzene rings is 2. The van der Waals surface area contributed by atoms with E-state index in [2.05, 4.69) is 25.1 Å². The van der Waals surface area contributed by atoms with Gasteiger partial charge in [-0.25, -0.2) is 18.2 Å². The lowest BCUT2D eigenvalue weighted by Gasteiger charge is -2.40. The molecule has 2 aromatic carbocycles. The van der Waals surface area contributed by atoms with Crippen molar-refractivity contribution in [3.8, 4) is 28.9 Å². The van der Waals surface area contributed by atoms with E-state index in [1.54, 1.807) is 0 Å². The van der Waals surface area contributed by atoms with E-state index < -0.39 is 23.3 Å². The number of rotatable bonds is 4. The van der Waals surface area contributed by atoms with Gasteiger partial charge >= 0.3 is 6.01 Å². The number of anilines is 1. The van der Waals surface area contributed by atoms with Crippen molar-refractivity contribution in [3.63, 3.8) is 0 Å². The molecule has 4 saturated heterocycles. The molecule has 0 radical (unpaired) electrons. The van der Waals surface area contributed by atoms with E-state index >= 15 is 4.39 Å². The summed E-state index contributed by atoms with van der Waals surface area (Å²) in [4.78, 5) is 18.4. The Morgan fingerprint density at radius 1 is 1.11 bits per heavy atom. The molecule has 2 aromatic heterocycles. The molecule has 12 heteroatoms. The van der Waals surface area contributed by atoms with Crippen LogP contribution in [0.2, 0.25) is 0 Å². The van der Waals surface area contributed by atoms with Crippen LogP contribution >= 0.6 is 0 Å². The minimum Gasteiger partial charge on any atom is -0.508 e. The maximum absolute atomic E-state index is 16.8. The summed E-state index contributed by atoms with van der Waals surface area (Å²) in [5, 5.41) is 15.5. The van der Waals surface area contributed by atoms with Crippen LogP contribution in [-0.2, 0) is 0 Å². The van der Waals surface area contributed by atoms with Gasteiger partial charge < -0.3 is 24.8 Å². The number of hydrogen-bond acceptors (Lipinski definition) is 9. The second-order valence-electron chi connectivity index (χ2n) is 12.9. The summed E-state index contributed by atoms with van der Waals surface area (Å²) >= 11 is 0. The lowest BCUT2D eigenvalue weighted by molar-refractivity contribution is 0.107. The Balaban J connectivity index is 1.23. The number of ether oxygens (including phenoxy) is 2. The molecule has 9 nitrogen and oxygen atoms in total. The summed E-state index contributed by atoms with van der Waals surface area (Å²) in [7, 11) is 0. The molecule has 7 heterocycles. The van der Waals surface area contributed by atoms with Gasteiger partial charge in [-0.2, -0.15) is 9.97 Å². The van der Waals surface area contributed by atoms with Gasteiger partial charge in [-0.3, -0.25) is 4.90 Å². The summed E-state index contributed by atoms with van der Waals surface area (Å²) in [6.07, 6.45) is 3.27. The van der Waals surface area contributed by atoms with Crippen molar-refractivity contribution in [2.75, 3.05) is 37.7 Å². The van der Waals surface area contributed by atoms with Crippen molar-refractivity contribution in [2.45, 2.75) is 61.9 Å². The Morgan fingerprint density at radius 3 is 2.93 bits per heavy atom. The first kappa shape index (κ1) is 26.5. The number of pyridine rings is 1. The second kappa shape index (κ2) is 9.55. The molecule has 5 aliphatic rings. The first-order valence-corrected chi connectivity index (χ1v) is 15.4. The van der Waals surface area contributed by atoms with Crippen molar-refractivity contribution >= 4 is 27.5 Å². The Labute approximate surface area is 251 Å². The molecule has 3 unspecified atom stereocenters. The molecule has 2 bridgehead atoms. The maximum atomic E-state index is 16.8. The van der Waals surface area contributed by atoms with E-state index in [-0.39, 0.29) is 59.1 Å². The fraction of sp³-hybridized carbons (Fsp3) is 0.469. The summed E-state index contributed by atoms with van der Waals surface area (Å²) < 4.78 is 58.3. The van der Waals surface area contributed by atoms with Crippen LogP contribution in [-0.4, -0.2) is 87.6 Å². The quantitative estimate of drug-likeness (QED) is 0.350. The van der Waals surface area contributed by atoms with Crippen molar-refractivity contribution in [2.24, 2.45) is 0 Å². The van der Waals surface area contributed by atoms with Crippen LogP contribution < -0.4 is 19.7 Å². The van der Waals surface area contributed by atoms with E-state index in [4.69, 9.17) is 14.5 Å². The molecule has 44 heavy (non-hydrogen) atoms. The highest BCUT2D eigenvalue weighted by atomic mass is 19.1. The predicted molar refractivity (Wildman–Crippen MR) is 157 cm³/mol. The number of phenolic OH excluding ortho intramolecular Hbond substituents is 1. The van der Waals surface area contributed by atoms with E-state index in [0.717, 1.165) is 32.2 Å². The summed E-state index contributed by atoms with van der Waals surface area (Å²) in [5.41, 5.74) is -0.362. The van der Waals surface area contributed by atoms with Gasteiger partial charge in [0.1, 0.15) is 53.4 Å². The molecule has 4 fully saturated rings. The number of alkyl halides is 1. The number of nitrogens with zero attached hydrogens (tertiary/aromatic N) is 5. The standard InChI is InChI=1S/C32H31F3N6O3/c33-17-3-2-16-8-20(42)10-22(21(16)9-17)27-26(35)28-25-29(41-13-19-4-5-23(36-19)24(41)14-43-30(25)37-27)39-31(38-28)44-15-32-6-1-7-40(32)12-18(34)11-32/h2-3,8-10,18-19,23-24,36,42H,1,4-7,11-15H2/t18-,19?,23?,24?,32+/m1/s1. The third kappa shape index (κ3) is 3.96. The van der Waals surface area contributed by atoms with Crippen LogP contribution in [0.15, 0.2) is 30.3 Å². The summed E-state index contributed by atoms with van der Waals surface area (Å²) in [6, 6.07) is 7.35. The van der Waals surface area contributed by atoms with E-state index in [1.807, 2.05) is 0 Å². The average molecular weight is 605 g/mol. The number of fused-ring (bicyclic) bond motifs is 7. The summed E-state index contributed by atoms with van der Waals surface area (Å²) in [5.74, 6) is -0.683. The highest BCUT2D eigenvalue weighted by Crippen LogP contribution is 2.45. The fourth-order valence-corrected chi connectivity index (χ4v) is 8.32. The van der Waals surface area contributed by atoms with Gasteiger partial charge in [0.25, 0.3) is 0 Å². The zero-order valence-electron chi connectivity index (χ0n) is 23.9. The van der Waals surface area contributed by atoms with Crippen molar-refractivity contribution in [1.82, 2.24) is 25.2 Å². The highest BCUT2D eigenvalue weighted by Gasteiger charge is 2.50. The number of aromatic hydroxyl groups is 1. The van der Waals surface area contributed by atoms with Crippen molar-refractivity contribution in [3.05, 3.63) is 42.0 Å². The number of nitrogens with one attached hydrogen (secondary N) is 1. The van der Waals surface area contributed by atoms with Gasteiger partial charge in [-0.05, 0) is 67.3 Å². The third-order valence-corrected chi connectivity index (χ3v) is 10.3. The number of halogens is 3. The van der Waals surface area contributed by atoms with Gasteiger partial charge in [0, 0.05) is 37.2 Å². The summed E-state index contributed by atoms with van der Waals surface area (Å²) in [6.45, 7) is 2.38. The minimum absolute atomic E-state index is 0.0105. The fourth-order valence-electron chi connectivity index (χ4n) is 8.32. The van der Waals surface area contributed by atoms with E-state index in [0.29, 0.717) is 48.1 Å². The predicted octanol–water partition coefficient (Wildman–Crippen LogP) is 4.49. The maximum Gasteiger partial charge on any atom is 0.319 e. The molecule has 2 N–H and O–H groups in total. The van der Waals surface area contributed by atoms with Crippen LogP contribution in [0.1, 0.15) is 32.1 Å². The monoisotopic (exact) mass is 604 g/mol. The molecular formula is C32H31F3N6O3. The lowest BCUT2D eigenvalue weighted by Crippen LogP contribution is -2.60. The Kier molecular flexibility index (Phi) is 5.75. The zero-order valence-corrected chi connectivity index (χ0v) is 23.9. The minimum atomic E-state index is -0.911. The second-order valence-corrected chi connectivity index (χ2v) is 12.9. The Bertz CT molecular complexity index is 1840. The van der Waals surface area contributed by atoms with Crippen LogP contribution in [0.3, 0.4) is 0 Å². The van der Waals surface area contributed by atoms with Gasteiger partial charge in [0.05, 0.1) is 11.6 Å². The Hall–Kier alpha value is -3.90. The molecule has 0 spiro atoms. The molecule has 5 atom stereocenters. The highest BCUT2D eigenvalue weighted by molar-refractivity contribution is 6.02. The molecular weight excluding hydrogens is 573 g/mol. The molecule has 228 valence electrons. The molecule has 4 aromatic rings. The molecule has 0 amide bonds. The largest absolute Gasteiger partial charge is 0.508 e. The van der Waals surface area contributed by atoms with Gasteiger partial charge in [-0.15, -0.1) is 0 Å². The zero-order chi connectivity index (χ0) is 29.7. The molecule has 0 saturated carbocycles. The molecule has 0 aliphatic carbocycles. The number of phenols is 1. The van der Waals surface area contributed by atoms with Crippen LogP contribution in [0, 0.1) is 11.6 Å². The molecule has 5 aliphatic heterocycles. The van der Waals surface area contributed by atoms with Gasteiger partial charge in [-0.1, -0.05) is 6.07 Å². The average Bonchev–Trinajstić information content (AvgIpc) is 3.64. The lowest BCUT2D eigenvalue weighted by atomic mass is 9.95. The van der Waals surface area contributed by atoms with Crippen LogP contribution in [0.25, 0.3) is 32.9 Å². The van der Waals surface area contributed by atoms with Crippen molar-refractivity contribution in [1.29, 1.82) is 0 Å². The van der Waals surface area contributed by atoms with Crippen molar-refractivity contribution < 1.29 is 27.8 Å². The third-order valence-electron chi connectivity index (χ3n) is 10.3. The smallest absolute Gasteiger partial charge is 0.319 e. The number of hydrogen-bond donors (Lipinski definition) is 2. The number of aromatic nitrogens is 3. The van der Waals surface area contributed by atoms with Crippen LogP contribution in [0.5, 0.6) is 17.6 Å². The first-order valence-electron chi connectivity index (χ1n) is 15.4. The normalized spacial score (nSPS) is 29.1. The van der Waals surface area contributed by atoms with Crippen LogP contribution in [0.4, 0.5) is 19.0 Å². The molecule has 9 rings (SSSR count). The van der Waals surface area contributed by atoms with Gasteiger partial charge in [0.15, 0.2) is 5.82 Å². The Morgan fingerprint density at radius 2 is 2.02 bits per heavy atom. The van der Waals surface area contributed by atoms with Gasteiger partial charge in [0.2, 0.25) is 5.88 Å². The topological polar surface area (TPSA) is 95.9 Å².